The number of hydrogen-bond acceptors (Lipinski definition) is 7. The molecule has 3 aromatic heterocycles. The maximum Gasteiger partial charge on any atom is 0.261 e. The first-order valence-electron chi connectivity index (χ1n) is 15.1. The smallest absolute Gasteiger partial charge is 0.261 e. The van der Waals surface area contributed by atoms with Crippen LogP contribution in [-0.2, 0) is 22.7 Å². The summed E-state index contributed by atoms with van der Waals surface area (Å²) in [7, 11) is 1.70. The number of furan rings is 1. The van der Waals surface area contributed by atoms with Crippen molar-refractivity contribution in [2.75, 3.05) is 43.1 Å². The lowest BCUT2D eigenvalue weighted by molar-refractivity contribution is -0.137. The fourth-order valence-corrected chi connectivity index (χ4v) is 5.81. The number of nitrogens with zero attached hydrogens (tertiary/aromatic N) is 5. The van der Waals surface area contributed by atoms with E-state index in [1.807, 2.05) is 57.3 Å². The Kier molecular flexibility index (Phi) is 12.1. The number of halogens is 2. The summed E-state index contributed by atoms with van der Waals surface area (Å²) in [5.74, 6) is 0.895. The molecule has 46 heavy (non-hydrogen) atoms. The van der Waals surface area contributed by atoms with E-state index in [2.05, 4.69) is 16.0 Å². The molecular formula is C34H43Cl2N5O5. The van der Waals surface area contributed by atoms with Crippen LogP contribution in [0.5, 0.6) is 5.75 Å². The summed E-state index contributed by atoms with van der Waals surface area (Å²) in [6.45, 7) is 12.7. The van der Waals surface area contributed by atoms with Gasteiger partial charge in [-0.05, 0) is 83.0 Å². The number of benzene rings is 1. The topological polar surface area (TPSA) is 101 Å². The molecular weight excluding hydrogens is 629 g/mol. The van der Waals surface area contributed by atoms with Gasteiger partial charge in [0.2, 0.25) is 11.8 Å². The molecule has 0 atom stereocenters. The molecule has 0 aliphatic carbocycles. The number of pyridine rings is 2. The molecule has 0 unspecified atom stereocenters. The van der Waals surface area contributed by atoms with Gasteiger partial charge in [0.05, 0.1) is 23.4 Å². The average molecular weight is 673 g/mol. The number of hydrogen-bond donors (Lipinski definition) is 0. The molecule has 4 aromatic rings. The molecule has 5 rings (SSSR count). The number of carbonyl (C=O) groups is 2. The normalized spacial score (nSPS) is 14.2. The van der Waals surface area contributed by atoms with Crippen LogP contribution in [0.15, 0.2) is 64.1 Å². The standard InChI is InChI=1S/C34H41N5O5.2ClH/c1-7-39-28-10-9-26(21-29(28)36(6)32(41)34(4,5)33(39)42)43-18-8-14-37(22-25-11-13-35-23(2)19-25)16-17-38-15-12-30-27(31(38)40)20-24(3)44-30;;/h9-13,15,19-21H,7-8,14,16-18,22H2,1-6H3;2*1H. The number of rotatable bonds is 11. The zero-order valence-corrected chi connectivity index (χ0v) is 28.9. The maximum atomic E-state index is 13.2. The molecule has 4 heterocycles. The van der Waals surface area contributed by atoms with Crippen LogP contribution in [0.3, 0.4) is 0 Å². The monoisotopic (exact) mass is 671 g/mol. The van der Waals surface area contributed by atoms with E-state index in [4.69, 9.17) is 9.15 Å². The molecule has 0 radical (unpaired) electrons. The Morgan fingerprint density at radius 2 is 1.72 bits per heavy atom. The minimum atomic E-state index is -1.16. The highest BCUT2D eigenvalue weighted by Crippen LogP contribution is 2.40. The van der Waals surface area contributed by atoms with Crippen LogP contribution in [0, 0.1) is 19.3 Å². The lowest BCUT2D eigenvalue weighted by atomic mass is 9.90. The predicted molar refractivity (Wildman–Crippen MR) is 186 cm³/mol. The van der Waals surface area contributed by atoms with Crippen molar-refractivity contribution in [3.63, 3.8) is 0 Å². The third kappa shape index (κ3) is 7.57. The van der Waals surface area contributed by atoms with E-state index in [9.17, 15) is 14.4 Å². The minimum Gasteiger partial charge on any atom is -0.493 e. The highest BCUT2D eigenvalue weighted by molar-refractivity contribution is 6.20. The third-order valence-electron chi connectivity index (χ3n) is 8.23. The zero-order valence-electron chi connectivity index (χ0n) is 27.2. The van der Waals surface area contributed by atoms with Crippen LogP contribution in [0.2, 0.25) is 0 Å². The minimum absolute atomic E-state index is 0. The maximum absolute atomic E-state index is 13.2. The molecule has 0 bridgehead atoms. The summed E-state index contributed by atoms with van der Waals surface area (Å²) in [4.78, 5) is 49.2. The van der Waals surface area contributed by atoms with E-state index in [1.54, 1.807) is 47.5 Å². The van der Waals surface area contributed by atoms with Crippen molar-refractivity contribution < 1.29 is 18.7 Å². The summed E-state index contributed by atoms with van der Waals surface area (Å²) in [6, 6.07) is 13.3. The van der Waals surface area contributed by atoms with Crippen LogP contribution in [0.25, 0.3) is 11.0 Å². The van der Waals surface area contributed by atoms with Crippen LogP contribution in [-0.4, -0.2) is 59.6 Å². The fraction of sp³-hybridized carbons (Fsp3) is 0.412. The lowest BCUT2D eigenvalue weighted by Crippen LogP contribution is -2.47. The van der Waals surface area contributed by atoms with Gasteiger partial charge in [-0.3, -0.25) is 24.3 Å². The third-order valence-corrected chi connectivity index (χ3v) is 8.23. The van der Waals surface area contributed by atoms with Gasteiger partial charge in [0.25, 0.3) is 5.56 Å². The van der Waals surface area contributed by atoms with Gasteiger partial charge >= 0.3 is 0 Å². The molecule has 0 saturated heterocycles. The van der Waals surface area contributed by atoms with E-state index in [-0.39, 0.29) is 42.2 Å². The first-order chi connectivity index (χ1) is 21.0. The molecule has 2 amide bonds. The summed E-state index contributed by atoms with van der Waals surface area (Å²) >= 11 is 0. The first-order valence-corrected chi connectivity index (χ1v) is 15.1. The van der Waals surface area contributed by atoms with Gasteiger partial charge in [-0.25, -0.2) is 0 Å². The molecule has 0 N–H and O–H groups in total. The second kappa shape index (κ2) is 15.2. The fourth-order valence-electron chi connectivity index (χ4n) is 5.81. The molecule has 248 valence electrons. The quantitative estimate of drug-likeness (QED) is 0.147. The van der Waals surface area contributed by atoms with Crippen molar-refractivity contribution >= 4 is 59.0 Å². The van der Waals surface area contributed by atoms with E-state index < -0.39 is 5.41 Å². The lowest BCUT2D eigenvalue weighted by Gasteiger charge is -2.27. The van der Waals surface area contributed by atoms with E-state index in [0.29, 0.717) is 60.9 Å². The van der Waals surface area contributed by atoms with Crippen molar-refractivity contribution in [2.24, 2.45) is 5.41 Å². The molecule has 0 saturated carbocycles. The Bertz CT molecular complexity index is 1750. The van der Waals surface area contributed by atoms with Crippen LogP contribution in [0.4, 0.5) is 11.4 Å². The molecule has 12 heteroatoms. The number of aryl methyl sites for hydroxylation is 2. The number of ether oxygens (including phenoxy) is 1. The van der Waals surface area contributed by atoms with Crippen LogP contribution < -0.4 is 20.1 Å². The van der Waals surface area contributed by atoms with Gasteiger partial charge in [-0.1, -0.05) is 0 Å². The summed E-state index contributed by atoms with van der Waals surface area (Å²) in [6.07, 6.45) is 4.36. The van der Waals surface area contributed by atoms with Crippen molar-refractivity contribution in [1.29, 1.82) is 0 Å². The zero-order chi connectivity index (χ0) is 31.6. The van der Waals surface area contributed by atoms with Crippen LogP contribution >= 0.6 is 24.8 Å². The van der Waals surface area contributed by atoms with Gasteiger partial charge in [0, 0.05) is 63.9 Å². The van der Waals surface area contributed by atoms with Gasteiger partial charge in [0.15, 0.2) is 0 Å². The molecule has 1 aliphatic heterocycles. The summed E-state index contributed by atoms with van der Waals surface area (Å²) < 4.78 is 13.5. The second-order valence-electron chi connectivity index (χ2n) is 11.9. The number of aromatic nitrogens is 2. The van der Waals surface area contributed by atoms with Gasteiger partial charge in [0.1, 0.15) is 22.5 Å². The second-order valence-corrected chi connectivity index (χ2v) is 11.9. The van der Waals surface area contributed by atoms with Crippen molar-refractivity contribution in [3.05, 3.63) is 82.2 Å². The number of amides is 2. The van der Waals surface area contributed by atoms with Crippen molar-refractivity contribution in [2.45, 2.75) is 54.1 Å². The Hall–Kier alpha value is -3.86. The number of anilines is 2. The molecule has 10 nitrogen and oxygen atoms in total. The van der Waals surface area contributed by atoms with Gasteiger partial charge in [-0.15, -0.1) is 24.8 Å². The summed E-state index contributed by atoms with van der Waals surface area (Å²) in [5.41, 5.74) is 2.86. The first kappa shape index (κ1) is 36.6. The summed E-state index contributed by atoms with van der Waals surface area (Å²) in [5, 5.41) is 0.595. The largest absolute Gasteiger partial charge is 0.493 e. The Labute approximate surface area is 282 Å². The van der Waals surface area contributed by atoms with Gasteiger partial charge in [-0.2, -0.15) is 0 Å². The molecule has 1 aromatic carbocycles. The number of carbonyl (C=O) groups excluding carboxylic acids is 2. The van der Waals surface area contributed by atoms with Crippen molar-refractivity contribution in [1.82, 2.24) is 14.5 Å². The highest BCUT2D eigenvalue weighted by Gasteiger charge is 2.45. The SMILES string of the molecule is CCN1C(=O)C(C)(C)C(=O)N(C)c2cc(OCCCN(CCn3ccc4oc(C)cc4c3=O)Cc3ccnc(C)c3)ccc21.Cl.Cl. The molecule has 1 aliphatic rings. The van der Waals surface area contributed by atoms with E-state index >= 15 is 0 Å². The van der Waals surface area contributed by atoms with Crippen molar-refractivity contribution in [3.8, 4) is 5.75 Å². The Morgan fingerprint density at radius 1 is 0.957 bits per heavy atom. The Morgan fingerprint density at radius 3 is 2.43 bits per heavy atom. The molecule has 0 fully saturated rings. The van der Waals surface area contributed by atoms with E-state index in [1.165, 1.54) is 0 Å². The average Bonchev–Trinajstić information content (AvgIpc) is 3.37. The Balaban J connectivity index is 0.00000288. The molecule has 0 spiro atoms. The van der Waals surface area contributed by atoms with Crippen LogP contribution in [0.1, 0.15) is 44.2 Å². The van der Waals surface area contributed by atoms with E-state index in [0.717, 1.165) is 30.0 Å². The highest BCUT2D eigenvalue weighted by atomic mass is 35.5. The van der Waals surface area contributed by atoms with Gasteiger partial charge < -0.3 is 23.5 Å². The number of fused-ring (bicyclic) bond motifs is 2. The predicted octanol–water partition coefficient (Wildman–Crippen LogP) is 5.78.